The number of amides is 2. The highest BCUT2D eigenvalue weighted by atomic mass is 16.5. The number of methoxy groups -OCH3 is 1. The van der Waals surface area contributed by atoms with Crippen molar-refractivity contribution in [2.24, 2.45) is 0 Å². The Kier molecular flexibility index (Phi) is 9.80. The van der Waals surface area contributed by atoms with E-state index in [9.17, 15) is 9.59 Å². The Balaban J connectivity index is 4.78. The summed E-state index contributed by atoms with van der Waals surface area (Å²) in [5.41, 5.74) is 0. The Morgan fingerprint density at radius 1 is 1.25 bits per heavy atom. The second-order valence-electron chi connectivity index (χ2n) is 4.79. The zero-order chi connectivity index (χ0) is 15.5. The molecule has 118 valence electrons. The van der Waals surface area contributed by atoms with E-state index in [0.717, 1.165) is 12.8 Å². The van der Waals surface area contributed by atoms with Gasteiger partial charge in [0, 0.05) is 19.7 Å². The van der Waals surface area contributed by atoms with E-state index in [1.807, 2.05) is 20.8 Å². The van der Waals surface area contributed by atoms with Crippen LogP contribution in [-0.4, -0.2) is 54.4 Å². The van der Waals surface area contributed by atoms with Crippen LogP contribution in [0.4, 0.5) is 4.79 Å². The van der Waals surface area contributed by atoms with E-state index < -0.39 is 12.0 Å². The molecule has 6 nitrogen and oxygen atoms in total. The fraction of sp³-hybridized carbons (Fsp3) is 0.857. The van der Waals surface area contributed by atoms with E-state index in [0.29, 0.717) is 26.0 Å². The number of carboxylic acid groups (broad SMARTS) is 1. The maximum Gasteiger partial charge on any atom is 0.326 e. The van der Waals surface area contributed by atoms with E-state index >= 15 is 0 Å². The third-order valence-electron chi connectivity index (χ3n) is 3.35. The number of urea groups is 1. The van der Waals surface area contributed by atoms with E-state index in [-0.39, 0.29) is 12.1 Å². The summed E-state index contributed by atoms with van der Waals surface area (Å²) in [5.74, 6) is -0.989. The summed E-state index contributed by atoms with van der Waals surface area (Å²) < 4.78 is 5.02. The molecule has 0 aromatic rings. The smallest absolute Gasteiger partial charge is 0.326 e. The van der Waals surface area contributed by atoms with Crippen molar-refractivity contribution < 1.29 is 19.4 Å². The molecule has 0 aliphatic carbocycles. The SMILES string of the molecule is CCC[C@H](NC(=O)N(CCOC)C(CC)CC)C(=O)O. The van der Waals surface area contributed by atoms with Crippen molar-refractivity contribution in [3.05, 3.63) is 0 Å². The molecule has 6 heteroatoms. The monoisotopic (exact) mass is 288 g/mol. The van der Waals surface area contributed by atoms with Gasteiger partial charge in [0.25, 0.3) is 0 Å². The molecule has 0 heterocycles. The summed E-state index contributed by atoms with van der Waals surface area (Å²) in [6, 6.07) is -1.05. The van der Waals surface area contributed by atoms with Crippen molar-refractivity contribution in [3.8, 4) is 0 Å². The molecule has 0 unspecified atom stereocenters. The second-order valence-corrected chi connectivity index (χ2v) is 4.79. The molecule has 0 spiro atoms. The number of hydrogen-bond acceptors (Lipinski definition) is 3. The van der Waals surface area contributed by atoms with Crippen LogP contribution in [0.25, 0.3) is 0 Å². The Hall–Kier alpha value is -1.30. The van der Waals surface area contributed by atoms with E-state index in [2.05, 4.69) is 5.32 Å². The number of ether oxygens (including phenoxy) is 1. The van der Waals surface area contributed by atoms with Gasteiger partial charge in [-0.15, -0.1) is 0 Å². The number of carboxylic acids is 1. The Morgan fingerprint density at radius 3 is 2.25 bits per heavy atom. The van der Waals surface area contributed by atoms with Gasteiger partial charge in [-0.3, -0.25) is 0 Å². The van der Waals surface area contributed by atoms with Crippen LogP contribution >= 0.6 is 0 Å². The van der Waals surface area contributed by atoms with E-state index in [1.54, 1.807) is 12.0 Å². The number of carbonyl (C=O) groups is 2. The molecule has 0 saturated carbocycles. The van der Waals surface area contributed by atoms with Crippen LogP contribution in [0.5, 0.6) is 0 Å². The lowest BCUT2D eigenvalue weighted by Gasteiger charge is -2.31. The van der Waals surface area contributed by atoms with Crippen LogP contribution in [0.2, 0.25) is 0 Å². The lowest BCUT2D eigenvalue weighted by atomic mass is 10.1. The summed E-state index contributed by atoms with van der Waals surface area (Å²) in [6.45, 7) is 6.83. The molecule has 1 atom stereocenters. The first kappa shape index (κ1) is 18.7. The lowest BCUT2D eigenvalue weighted by molar-refractivity contribution is -0.139. The highest BCUT2D eigenvalue weighted by molar-refractivity contribution is 5.82. The van der Waals surface area contributed by atoms with Crippen LogP contribution < -0.4 is 5.32 Å². The topological polar surface area (TPSA) is 78.9 Å². The van der Waals surface area contributed by atoms with Gasteiger partial charge in [-0.2, -0.15) is 0 Å². The number of aliphatic carboxylic acids is 1. The molecule has 0 rings (SSSR count). The number of carbonyl (C=O) groups excluding carboxylic acids is 1. The summed E-state index contributed by atoms with van der Waals surface area (Å²) in [5, 5.41) is 11.7. The highest BCUT2D eigenvalue weighted by Crippen LogP contribution is 2.10. The van der Waals surface area contributed by atoms with Gasteiger partial charge >= 0.3 is 12.0 Å². The molecule has 0 aliphatic rings. The molecular formula is C14H28N2O4. The maximum absolute atomic E-state index is 12.3. The average Bonchev–Trinajstić information content (AvgIpc) is 2.42. The van der Waals surface area contributed by atoms with Crippen LogP contribution in [0, 0.1) is 0 Å². The van der Waals surface area contributed by atoms with Gasteiger partial charge < -0.3 is 20.1 Å². The molecule has 0 aromatic carbocycles. The van der Waals surface area contributed by atoms with Crippen molar-refractivity contribution >= 4 is 12.0 Å². The van der Waals surface area contributed by atoms with Gasteiger partial charge in [0.1, 0.15) is 6.04 Å². The van der Waals surface area contributed by atoms with Gasteiger partial charge in [-0.05, 0) is 19.3 Å². The minimum absolute atomic E-state index is 0.0984. The average molecular weight is 288 g/mol. The Bertz CT molecular complexity index is 293. The minimum atomic E-state index is -0.989. The first-order valence-electron chi connectivity index (χ1n) is 7.30. The Labute approximate surface area is 121 Å². The number of rotatable bonds is 10. The Morgan fingerprint density at radius 2 is 1.85 bits per heavy atom. The second kappa shape index (κ2) is 10.5. The molecule has 0 radical (unpaired) electrons. The molecule has 0 aliphatic heterocycles. The maximum atomic E-state index is 12.3. The molecular weight excluding hydrogens is 260 g/mol. The first-order valence-corrected chi connectivity index (χ1v) is 7.30. The van der Waals surface area contributed by atoms with Gasteiger partial charge in [0.2, 0.25) is 0 Å². The fourth-order valence-corrected chi connectivity index (χ4v) is 2.15. The van der Waals surface area contributed by atoms with Crippen LogP contribution in [0.15, 0.2) is 0 Å². The lowest BCUT2D eigenvalue weighted by Crippen LogP contribution is -2.52. The van der Waals surface area contributed by atoms with Gasteiger partial charge in [0.15, 0.2) is 0 Å². The summed E-state index contributed by atoms with van der Waals surface area (Å²) in [6.07, 6.45) is 2.81. The van der Waals surface area contributed by atoms with Crippen molar-refractivity contribution in [1.29, 1.82) is 0 Å². The molecule has 20 heavy (non-hydrogen) atoms. The van der Waals surface area contributed by atoms with E-state index in [1.165, 1.54) is 0 Å². The normalized spacial score (nSPS) is 12.2. The quantitative estimate of drug-likeness (QED) is 0.645. The largest absolute Gasteiger partial charge is 0.480 e. The van der Waals surface area contributed by atoms with Crippen LogP contribution in [-0.2, 0) is 9.53 Å². The fourth-order valence-electron chi connectivity index (χ4n) is 2.15. The molecule has 0 saturated heterocycles. The van der Waals surface area contributed by atoms with Crippen LogP contribution in [0.1, 0.15) is 46.5 Å². The van der Waals surface area contributed by atoms with Crippen molar-refractivity contribution in [3.63, 3.8) is 0 Å². The van der Waals surface area contributed by atoms with Gasteiger partial charge in [-0.25, -0.2) is 9.59 Å². The number of nitrogens with one attached hydrogen (secondary N) is 1. The van der Waals surface area contributed by atoms with Gasteiger partial charge in [-0.1, -0.05) is 27.2 Å². The molecule has 2 amide bonds. The molecule has 0 bridgehead atoms. The third kappa shape index (κ3) is 6.23. The summed E-state index contributed by atoms with van der Waals surface area (Å²) in [4.78, 5) is 25.1. The molecule has 0 fully saturated rings. The molecule has 2 N–H and O–H groups in total. The van der Waals surface area contributed by atoms with Crippen molar-refractivity contribution in [2.45, 2.75) is 58.5 Å². The predicted octanol–water partition coefficient (Wildman–Crippen LogP) is 2.09. The highest BCUT2D eigenvalue weighted by Gasteiger charge is 2.25. The zero-order valence-electron chi connectivity index (χ0n) is 13.0. The minimum Gasteiger partial charge on any atom is -0.480 e. The predicted molar refractivity (Wildman–Crippen MR) is 77.8 cm³/mol. The van der Waals surface area contributed by atoms with Crippen LogP contribution in [0.3, 0.4) is 0 Å². The van der Waals surface area contributed by atoms with Gasteiger partial charge in [0.05, 0.1) is 6.61 Å². The number of hydrogen-bond donors (Lipinski definition) is 2. The standard InChI is InChI=1S/C14H28N2O4/c1-5-8-12(13(17)18)15-14(19)16(9-10-20-4)11(6-2)7-3/h11-12H,5-10H2,1-4H3,(H,15,19)(H,17,18)/t12-/m0/s1. The number of nitrogens with zero attached hydrogens (tertiary/aromatic N) is 1. The zero-order valence-corrected chi connectivity index (χ0v) is 13.0. The summed E-state index contributed by atoms with van der Waals surface area (Å²) in [7, 11) is 1.58. The van der Waals surface area contributed by atoms with Crippen molar-refractivity contribution in [1.82, 2.24) is 10.2 Å². The van der Waals surface area contributed by atoms with E-state index in [4.69, 9.17) is 9.84 Å². The molecule has 0 aromatic heterocycles. The summed E-state index contributed by atoms with van der Waals surface area (Å²) >= 11 is 0. The third-order valence-corrected chi connectivity index (χ3v) is 3.35. The first-order chi connectivity index (χ1) is 9.51. The van der Waals surface area contributed by atoms with Crippen molar-refractivity contribution in [2.75, 3.05) is 20.3 Å².